The van der Waals surface area contributed by atoms with E-state index in [1.54, 1.807) is 0 Å². The maximum Gasteiger partial charge on any atom is 0.112 e. The third kappa shape index (κ3) is 4.98. The summed E-state index contributed by atoms with van der Waals surface area (Å²) in [5, 5.41) is 0. The number of unbranched alkanes of at least 4 members (excludes halogenated alkanes) is 2. The zero-order valence-electron chi connectivity index (χ0n) is 18.5. The van der Waals surface area contributed by atoms with E-state index in [-0.39, 0.29) is 5.41 Å². The van der Waals surface area contributed by atoms with Gasteiger partial charge in [0.15, 0.2) is 0 Å². The number of hydrogen-bond donors (Lipinski definition) is 0. The van der Waals surface area contributed by atoms with Gasteiger partial charge in [-0.25, -0.2) is 4.98 Å². The van der Waals surface area contributed by atoms with Gasteiger partial charge in [-0.1, -0.05) is 101 Å². The standard InChI is InChI=1S/C27H36N2/c1-5-6-13-19-29-20-18-28-26(29)25(22(2)3)27(4,24-16-11-8-12-17-24)21-23-14-9-7-10-15-23/h7-12,14-18,20,22,25H,5-6,13,19,21H2,1-4H3. The van der Waals surface area contributed by atoms with Crippen molar-refractivity contribution in [2.45, 2.75) is 71.3 Å². The van der Waals surface area contributed by atoms with Crippen molar-refractivity contribution in [1.82, 2.24) is 9.55 Å². The van der Waals surface area contributed by atoms with Crippen molar-refractivity contribution in [1.29, 1.82) is 0 Å². The topological polar surface area (TPSA) is 17.8 Å². The molecular weight excluding hydrogens is 352 g/mol. The molecule has 0 saturated heterocycles. The van der Waals surface area contributed by atoms with Gasteiger partial charge in [0.05, 0.1) is 0 Å². The maximum atomic E-state index is 4.91. The molecule has 2 heteroatoms. The largest absolute Gasteiger partial charge is 0.335 e. The monoisotopic (exact) mass is 388 g/mol. The Labute approximate surface area is 177 Å². The molecule has 3 rings (SSSR count). The molecule has 0 amide bonds. The summed E-state index contributed by atoms with van der Waals surface area (Å²) in [5.74, 6) is 2.05. The quantitative estimate of drug-likeness (QED) is 0.341. The lowest BCUT2D eigenvalue weighted by Crippen LogP contribution is -2.37. The third-order valence-electron chi connectivity index (χ3n) is 6.23. The highest BCUT2D eigenvalue weighted by molar-refractivity contribution is 5.33. The number of aromatic nitrogens is 2. The van der Waals surface area contributed by atoms with Crippen LogP contribution in [0, 0.1) is 5.92 Å². The number of hydrogen-bond acceptors (Lipinski definition) is 1. The van der Waals surface area contributed by atoms with Crippen molar-refractivity contribution in [3.8, 4) is 0 Å². The Morgan fingerprint density at radius 3 is 2.21 bits per heavy atom. The molecule has 0 bridgehead atoms. The van der Waals surface area contributed by atoms with Crippen LogP contribution in [0.4, 0.5) is 0 Å². The van der Waals surface area contributed by atoms with Gasteiger partial charge in [0.1, 0.15) is 5.82 Å². The Morgan fingerprint density at radius 2 is 1.59 bits per heavy atom. The van der Waals surface area contributed by atoms with Gasteiger partial charge >= 0.3 is 0 Å². The van der Waals surface area contributed by atoms with E-state index < -0.39 is 0 Å². The molecule has 2 nitrogen and oxygen atoms in total. The van der Waals surface area contributed by atoms with E-state index in [0.29, 0.717) is 11.8 Å². The molecule has 2 atom stereocenters. The smallest absolute Gasteiger partial charge is 0.112 e. The average molecular weight is 389 g/mol. The lowest BCUT2D eigenvalue weighted by Gasteiger charge is -2.41. The minimum atomic E-state index is -0.0371. The zero-order valence-corrected chi connectivity index (χ0v) is 18.5. The zero-order chi connectivity index (χ0) is 20.7. The van der Waals surface area contributed by atoms with Crippen molar-refractivity contribution >= 4 is 0 Å². The second-order valence-electron chi connectivity index (χ2n) is 8.85. The van der Waals surface area contributed by atoms with Gasteiger partial charge in [-0.2, -0.15) is 0 Å². The van der Waals surface area contributed by atoms with Crippen LogP contribution in [0.2, 0.25) is 0 Å². The minimum Gasteiger partial charge on any atom is -0.335 e. The van der Waals surface area contributed by atoms with Crippen LogP contribution in [0.25, 0.3) is 0 Å². The molecule has 2 aromatic carbocycles. The molecule has 1 aromatic heterocycles. The third-order valence-corrected chi connectivity index (χ3v) is 6.23. The van der Waals surface area contributed by atoms with Crippen LogP contribution < -0.4 is 0 Å². The van der Waals surface area contributed by atoms with Gasteiger partial charge in [0, 0.05) is 30.3 Å². The second kappa shape index (κ2) is 9.91. The minimum absolute atomic E-state index is 0.0371. The molecule has 0 saturated carbocycles. The van der Waals surface area contributed by atoms with E-state index >= 15 is 0 Å². The Hall–Kier alpha value is -2.35. The van der Waals surface area contributed by atoms with Crippen molar-refractivity contribution in [2.24, 2.45) is 5.92 Å². The van der Waals surface area contributed by atoms with Gasteiger partial charge in [-0.3, -0.25) is 0 Å². The number of imidazole rings is 1. The maximum absolute atomic E-state index is 4.91. The highest BCUT2D eigenvalue weighted by Crippen LogP contribution is 2.45. The van der Waals surface area contributed by atoms with E-state index in [4.69, 9.17) is 4.98 Å². The molecule has 1 heterocycles. The predicted molar refractivity (Wildman–Crippen MR) is 123 cm³/mol. The summed E-state index contributed by atoms with van der Waals surface area (Å²) in [7, 11) is 0. The summed E-state index contributed by atoms with van der Waals surface area (Å²) < 4.78 is 2.41. The fraction of sp³-hybridized carbons (Fsp3) is 0.444. The van der Waals surface area contributed by atoms with Crippen LogP contribution in [-0.4, -0.2) is 9.55 Å². The molecule has 2 unspecified atom stereocenters. The average Bonchev–Trinajstić information content (AvgIpc) is 3.17. The normalized spacial score (nSPS) is 14.7. The number of nitrogens with zero attached hydrogens (tertiary/aromatic N) is 2. The summed E-state index contributed by atoms with van der Waals surface area (Å²) in [5.41, 5.74) is 2.74. The van der Waals surface area contributed by atoms with Gasteiger partial charge < -0.3 is 4.57 Å². The Kier molecular flexibility index (Phi) is 7.30. The molecule has 0 fully saturated rings. The summed E-state index contributed by atoms with van der Waals surface area (Å²) in [6.45, 7) is 10.5. The molecule has 0 spiro atoms. The molecule has 0 aliphatic carbocycles. The fourth-order valence-electron chi connectivity index (χ4n) is 4.87. The number of rotatable bonds is 10. The SMILES string of the molecule is CCCCCn1ccnc1C(C(C)C)C(C)(Cc1ccccc1)c1ccccc1. The summed E-state index contributed by atoms with van der Waals surface area (Å²) in [6, 6.07) is 22.0. The molecule has 3 aromatic rings. The molecule has 0 aliphatic heterocycles. The molecular formula is C27H36N2. The second-order valence-corrected chi connectivity index (χ2v) is 8.85. The molecule has 154 valence electrons. The van der Waals surface area contributed by atoms with Crippen LogP contribution in [0.5, 0.6) is 0 Å². The van der Waals surface area contributed by atoms with Crippen LogP contribution >= 0.6 is 0 Å². The van der Waals surface area contributed by atoms with Gasteiger partial charge in [-0.05, 0) is 29.9 Å². The lowest BCUT2D eigenvalue weighted by atomic mass is 9.64. The number of benzene rings is 2. The van der Waals surface area contributed by atoms with Crippen molar-refractivity contribution in [2.75, 3.05) is 0 Å². The van der Waals surface area contributed by atoms with Crippen molar-refractivity contribution < 1.29 is 0 Å². The van der Waals surface area contributed by atoms with Crippen LogP contribution in [-0.2, 0) is 18.4 Å². The first-order valence-corrected chi connectivity index (χ1v) is 11.2. The van der Waals surface area contributed by atoms with E-state index in [1.807, 2.05) is 6.20 Å². The highest BCUT2D eigenvalue weighted by Gasteiger charge is 2.41. The van der Waals surface area contributed by atoms with Gasteiger partial charge in [0.25, 0.3) is 0 Å². The first-order valence-electron chi connectivity index (χ1n) is 11.2. The molecule has 0 N–H and O–H groups in total. The van der Waals surface area contributed by atoms with Crippen molar-refractivity contribution in [3.05, 3.63) is 90.0 Å². The first kappa shape index (κ1) is 21.4. The molecule has 0 radical (unpaired) electrons. The fourth-order valence-corrected chi connectivity index (χ4v) is 4.87. The molecule has 0 aliphatic rings. The predicted octanol–water partition coefficient (Wildman–Crippen LogP) is 7.01. The summed E-state index contributed by atoms with van der Waals surface area (Å²) in [4.78, 5) is 4.91. The van der Waals surface area contributed by atoms with Gasteiger partial charge in [0.2, 0.25) is 0 Å². The van der Waals surface area contributed by atoms with E-state index in [1.165, 1.54) is 36.2 Å². The Bertz CT molecular complexity index is 851. The van der Waals surface area contributed by atoms with Crippen LogP contribution in [0.15, 0.2) is 73.1 Å². The number of aryl methyl sites for hydroxylation is 1. The Balaban J connectivity index is 2.05. The van der Waals surface area contributed by atoms with Crippen LogP contribution in [0.3, 0.4) is 0 Å². The van der Waals surface area contributed by atoms with Gasteiger partial charge in [-0.15, -0.1) is 0 Å². The van der Waals surface area contributed by atoms with Crippen LogP contribution in [0.1, 0.15) is 69.8 Å². The van der Waals surface area contributed by atoms with E-state index in [9.17, 15) is 0 Å². The molecule has 29 heavy (non-hydrogen) atoms. The first-order chi connectivity index (χ1) is 14.1. The van der Waals surface area contributed by atoms with Crippen molar-refractivity contribution in [3.63, 3.8) is 0 Å². The van der Waals surface area contributed by atoms with E-state index in [2.05, 4.69) is 99.1 Å². The Morgan fingerprint density at radius 1 is 0.931 bits per heavy atom. The summed E-state index contributed by atoms with van der Waals surface area (Å²) in [6.07, 6.45) is 8.89. The van der Waals surface area contributed by atoms with E-state index in [0.717, 1.165) is 13.0 Å². The lowest BCUT2D eigenvalue weighted by molar-refractivity contribution is 0.281. The summed E-state index contributed by atoms with van der Waals surface area (Å²) >= 11 is 0. The highest BCUT2D eigenvalue weighted by atomic mass is 15.1.